The highest BCUT2D eigenvalue weighted by molar-refractivity contribution is 6.45. The quantitative estimate of drug-likeness (QED) is 0.305. The van der Waals surface area contributed by atoms with Crippen LogP contribution in [-0.4, -0.2) is 16.5 Å². The molecule has 9 nitrogen and oxygen atoms in total. The zero-order valence-electron chi connectivity index (χ0n) is 13.5. The van der Waals surface area contributed by atoms with E-state index in [9.17, 15) is 10.1 Å². The molecule has 0 fully saturated rings. The fourth-order valence-electron chi connectivity index (χ4n) is 1.89. The summed E-state index contributed by atoms with van der Waals surface area (Å²) in [7, 11) is 0. The highest BCUT2D eigenvalue weighted by Crippen LogP contribution is 2.31. The van der Waals surface area contributed by atoms with E-state index in [1.165, 1.54) is 18.2 Å². The monoisotopic (exact) mass is 372 g/mol. The Bertz CT molecular complexity index is 951. The Morgan fingerprint density at radius 2 is 2.12 bits per heavy atom. The lowest BCUT2D eigenvalue weighted by Crippen LogP contribution is -2.21. The first-order valence-corrected chi connectivity index (χ1v) is 7.49. The van der Waals surface area contributed by atoms with Gasteiger partial charge in [0.1, 0.15) is 17.6 Å². The van der Waals surface area contributed by atoms with Gasteiger partial charge in [-0.05, 0) is 30.7 Å². The lowest BCUT2D eigenvalue weighted by molar-refractivity contribution is -0.384. The van der Waals surface area contributed by atoms with E-state index < -0.39 is 10.8 Å². The van der Waals surface area contributed by atoms with Gasteiger partial charge in [0.05, 0.1) is 16.7 Å². The van der Waals surface area contributed by atoms with Gasteiger partial charge in [0.2, 0.25) is 5.71 Å². The van der Waals surface area contributed by atoms with E-state index in [1.807, 2.05) is 0 Å². The molecule has 0 amide bonds. The Kier molecular flexibility index (Phi) is 5.72. The molecule has 0 radical (unpaired) electrons. The molecule has 132 valence electrons. The summed E-state index contributed by atoms with van der Waals surface area (Å²) < 4.78 is 5.64. The van der Waals surface area contributed by atoms with Gasteiger partial charge in [-0.3, -0.25) is 20.9 Å². The minimum atomic E-state index is -0.592. The number of nitrogens with two attached hydrogens (primary N) is 1. The summed E-state index contributed by atoms with van der Waals surface area (Å²) in [5, 5.41) is 31.4. The number of hydrogen-bond donors (Lipinski definition) is 3. The lowest BCUT2D eigenvalue weighted by atomic mass is 10.2. The summed E-state index contributed by atoms with van der Waals surface area (Å²) in [6.07, 6.45) is 0. The van der Waals surface area contributed by atoms with Gasteiger partial charge in [0.15, 0.2) is 5.84 Å². The number of nitrogens with one attached hydrogen (secondary N) is 2. The molecule has 2 aromatic rings. The van der Waals surface area contributed by atoms with Gasteiger partial charge >= 0.3 is 0 Å². The minimum Gasteiger partial charge on any atom is -0.457 e. The highest BCUT2D eigenvalue weighted by Gasteiger charge is 2.12. The average molecular weight is 373 g/mol. The van der Waals surface area contributed by atoms with Gasteiger partial charge < -0.3 is 10.5 Å². The van der Waals surface area contributed by atoms with Crippen molar-refractivity contribution in [2.75, 3.05) is 5.43 Å². The highest BCUT2D eigenvalue weighted by atomic mass is 35.5. The molecule has 0 saturated carbocycles. The fourth-order valence-corrected chi connectivity index (χ4v) is 2.01. The van der Waals surface area contributed by atoms with Crippen LogP contribution in [0.2, 0.25) is 5.02 Å². The van der Waals surface area contributed by atoms with Crippen LogP contribution in [-0.2, 0) is 0 Å². The number of aryl methyl sites for hydroxylation is 1. The summed E-state index contributed by atoms with van der Waals surface area (Å²) in [5.41, 5.74) is 8.03. The number of hydrazone groups is 1. The summed E-state index contributed by atoms with van der Waals surface area (Å²) in [6.45, 7) is 1.80. The van der Waals surface area contributed by atoms with Crippen molar-refractivity contribution in [1.29, 1.82) is 10.7 Å². The number of hydrogen-bond acceptors (Lipinski definition) is 7. The number of anilines is 1. The molecule has 4 N–H and O–H groups in total. The molecule has 0 aliphatic rings. The van der Waals surface area contributed by atoms with Gasteiger partial charge in [-0.15, -0.1) is 0 Å². The first-order chi connectivity index (χ1) is 12.3. The molecule has 0 unspecified atom stereocenters. The smallest absolute Gasteiger partial charge is 0.275 e. The number of rotatable bonds is 6. The van der Waals surface area contributed by atoms with Crippen molar-refractivity contribution in [3.63, 3.8) is 0 Å². The SMILES string of the molecule is Cc1cc(Oc2cc(N/N=C(\C#N)C(=N)N)cc([N+](=O)[O-])c2)ccc1Cl. The van der Waals surface area contributed by atoms with E-state index in [2.05, 4.69) is 10.5 Å². The van der Waals surface area contributed by atoms with Crippen LogP contribution in [0.3, 0.4) is 0 Å². The zero-order chi connectivity index (χ0) is 19.3. The van der Waals surface area contributed by atoms with Crippen molar-refractivity contribution in [3.05, 3.63) is 57.1 Å². The molecule has 0 spiro atoms. The molecular weight excluding hydrogens is 360 g/mol. The summed E-state index contributed by atoms with van der Waals surface area (Å²) in [6, 6.07) is 10.5. The maximum absolute atomic E-state index is 11.1. The van der Waals surface area contributed by atoms with Crippen LogP contribution in [0.4, 0.5) is 11.4 Å². The van der Waals surface area contributed by atoms with Crippen molar-refractivity contribution < 1.29 is 9.66 Å². The summed E-state index contributed by atoms with van der Waals surface area (Å²) in [5.74, 6) is 0.0989. The number of benzene rings is 2. The number of nitrogens with zero attached hydrogens (tertiary/aromatic N) is 3. The van der Waals surface area contributed by atoms with Gasteiger partial charge in [0.25, 0.3) is 5.69 Å². The van der Waals surface area contributed by atoms with E-state index >= 15 is 0 Å². The number of halogens is 1. The molecule has 0 heterocycles. The average Bonchev–Trinajstić information content (AvgIpc) is 2.58. The van der Waals surface area contributed by atoms with Crippen LogP contribution in [0.5, 0.6) is 11.5 Å². The molecule has 0 saturated heterocycles. The van der Waals surface area contributed by atoms with Gasteiger partial charge in [-0.25, -0.2) is 0 Å². The standard InChI is InChI=1S/C16H13ClN6O3/c1-9-4-12(2-3-14(9)17)26-13-6-10(5-11(7-13)23(24)25)21-22-15(8-18)16(19)20/h2-7,21H,1H3,(H3,19,20)/b22-15+. The summed E-state index contributed by atoms with van der Waals surface area (Å²) in [4.78, 5) is 10.5. The third-order valence-corrected chi connectivity index (χ3v) is 3.55. The third kappa shape index (κ3) is 4.68. The van der Waals surface area contributed by atoms with Gasteiger partial charge in [-0.2, -0.15) is 10.4 Å². The van der Waals surface area contributed by atoms with Crippen LogP contribution >= 0.6 is 11.6 Å². The van der Waals surface area contributed by atoms with Crippen LogP contribution in [0.25, 0.3) is 0 Å². The second-order valence-electron chi connectivity index (χ2n) is 5.08. The van der Waals surface area contributed by atoms with E-state index in [0.717, 1.165) is 5.56 Å². The van der Waals surface area contributed by atoms with Crippen molar-refractivity contribution in [2.24, 2.45) is 10.8 Å². The Morgan fingerprint density at radius 3 is 2.69 bits per heavy atom. The van der Waals surface area contributed by atoms with Crippen molar-refractivity contribution in [2.45, 2.75) is 6.92 Å². The molecule has 26 heavy (non-hydrogen) atoms. The second-order valence-corrected chi connectivity index (χ2v) is 5.49. The number of nitro benzene ring substituents is 1. The normalized spacial score (nSPS) is 10.7. The van der Waals surface area contributed by atoms with Crippen LogP contribution in [0.15, 0.2) is 41.5 Å². The van der Waals surface area contributed by atoms with Crippen molar-refractivity contribution in [1.82, 2.24) is 0 Å². The van der Waals surface area contributed by atoms with Crippen LogP contribution < -0.4 is 15.9 Å². The predicted molar refractivity (Wildman–Crippen MR) is 97.9 cm³/mol. The van der Waals surface area contributed by atoms with Gasteiger partial charge in [-0.1, -0.05) is 11.6 Å². The Labute approximate surface area is 153 Å². The zero-order valence-corrected chi connectivity index (χ0v) is 14.2. The number of non-ortho nitro benzene ring substituents is 1. The van der Waals surface area contributed by atoms with Crippen LogP contribution in [0, 0.1) is 33.8 Å². The number of nitro groups is 1. The predicted octanol–water partition coefficient (Wildman–Crippen LogP) is 3.58. The number of amidine groups is 1. The fraction of sp³-hybridized carbons (Fsp3) is 0.0625. The van der Waals surface area contributed by atoms with Crippen molar-refractivity contribution in [3.8, 4) is 17.6 Å². The van der Waals surface area contributed by atoms with Crippen molar-refractivity contribution >= 4 is 34.5 Å². The molecular formula is C16H13ClN6O3. The molecule has 0 aliphatic heterocycles. The Hall–Kier alpha value is -3.64. The second kappa shape index (κ2) is 7.96. The molecule has 0 atom stereocenters. The topological polar surface area (TPSA) is 150 Å². The lowest BCUT2D eigenvalue weighted by Gasteiger charge is -2.09. The molecule has 2 rings (SSSR count). The van der Waals surface area contributed by atoms with E-state index in [-0.39, 0.29) is 22.8 Å². The molecule has 2 aromatic carbocycles. The van der Waals surface area contributed by atoms with E-state index in [0.29, 0.717) is 10.8 Å². The first-order valence-electron chi connectivity index (χ1n) is 7.12. The van der Waals surface area contributed by atoms with E-state index in [4.69, 9.17) is 32.7 Å². The molecule has 0 aromatic heterocycles. The van der Waals surface area contributed by atoms with Crippen LogP contribution in [0.1, 0.15) is 5.56 Å². The largest absolute Gasteiger partial charge is 0.457 e. The molecule has 0 aliphatic carbocycles. The Balaban J connectivity index is 2.36. The molecule has 10 heteroatoms. The van der Waals surface area contributed by atoms with Gasteiger partial charge in [0, 0.05) is 17.2 Å². The maximum Gasteiger partial charge on any atom is 0.275 e. The Morgan fingerprint density at radius 1 is 1.38 bits per heavy atom. The first kappa shape index (κ1) is 18.7. The minimum absolute atomic E-state index is 0.181. The molecule has 0 bridgehead atoms. The number of ether oxygens (including phenoxy) is 1. The summed E-state index contributed by atoms with van der Waals surface area (Å²) >= 11 is 5.96. The number of nitriles is 1. The maximum atomic E-state index is 11.1. The third-order valence-electron chi connectivity index (χ3n) is 3.13. The van der Waals surface area contributed by atoms with E-state index in [1.54, 1.807) is 31.2 Å².